The van der Waals surface area contributed by atoms with E-state index >= 15 is 0 Å². The van der Waals surface area contributed by atoms with Crippen LogP contribution in [-0.2, 0) is 21.4 Å². The van der Waals surface area contributed by atoms with Crippen molar-refractivity contribution < 1.29 is 13.2 Å². The standard InChI is InChI=1S/C29H27Cl2N3O3S/c1-19-13-20(2)29(21(3)14-19)38(36,37)34(17-22-11-12-26(30)27(31)15-22)18-28(35)33-32-16-24-9-6-8-23-7-4-5-10-25(23)24/h4-16H,17-18H2,1-3H3,(H,33,35)/b32-16+. The number of nitrogens with one attached hydrogen (secondary N) is 1. The average molecular weight is 569 g/mol. The fourth-order valence-corrected chi connectivity index (χ4v) is 6.62. The molecule has 0 fully saturated rings. The van der Waals surface area contributed by atoms with Crippen LogP contribution in [0.4, 0.5) is 0 Å². The number of halogens is 2. The molecule has 4 aromatic rings. The predicted octanol–water partition coefficient (Wildman–Crippen LogP) is 6.41. The summed E-state index contributed by atoms with van der Waals surface area (Å²) in [5.41, 5.74) is 6.06. The van der Waals surface area contributed by atoms with E-state index in [-0.39, 0.29) is 11.4 Å². The summed E-state index contributed by atoms with van der Waals surface area (Å²) < 4.78 is 28.9. The van der Waals surface area contributed by atoms with Gasteiger partial charge in [0.2, 0.25) is 10.0 Å². The van der Waals surface area contributed by atoms with E-state index in [2.05, 4.69) is 10.5 Å². The smallest absolute Gasteiger partial charge is 0.255 e. The molecule has 0 aliphatic carbocycles. The largest absolute Gasteiger partial charge is 0.272 e. The second-order valence-corrected chi connectivity index (χ2v) is 11.8. The number of hydrogen-bond donors (Lipinski definition) is 1. The molecule has 0 saturated heterocycles. The van der Waals surface area contributed by atoms with Gasteiger partial charge in [-0.15, -0.1) is 0 Å². The lowest BCUT2D eigenvalue weighted by molar-refractivity contribution is -0.121. The number of sulfonamides is 1. The summed E-state index contributed by atoms with van der Waals surface area (Å²) in [5, 5.41) is 6.79. The number of hydrazone groups is 1. The molecular weight excluding hydrogens is 541 g/mol. The van der Waals surface area contributed by atoms with Gasteiger partial charge in [0.25, 0.3) is 5.91 Å². The van der Waals surface area contributed by atoms with Crippen molar-refractivity contribution in [2.45, 2.75) is 32.2 Å². The highest BCUT2D eigenvalue weighted by Crippen LogP contribution is 2.28. The monoisotopic (exact) mass is 567 g/mol. The van der Waals surface area contributed by atoms with Crippen LogP contribution in [0.2, 0.25) is 10.0 Å². The van der Waals surface area contributed by atoms with Gasteiger partial charge in [0.1, 0.15) is 0 Å². The first-order valence-electron chi connectivity index (χ1n) is 11.9. The van der Waals surface area contributed by atoms with E-state index < -0.39 is 22.5 Å². The zero-order valence-corrected chi connectivity index (χ0v) is 23.5. The van der Waals surface area contributed by atoms with Gasteiger partial charge in [-0.2, -0.15) is 9.41 Å². The predicted molar refractivity (Wildman–Crippen MR) is 154 cm³/mol. The van der Waals surface area contributed by atoms with Crippen LogP contribution >= 0.6 is 23.2 Å². The third-order valence-corrected chi connectivity index (χ3v) is 8.92. The minimum absolute atomic E-state index is 0.0769. The van der Waals surface area contributed by atoms with Gasteiger partial charge in [0, 0.05) is 12.1 Å². The topological polar surface area (TPSA) is 78.8 Å². The van der Waals surface area contributed by atoms with Crippen molar-refractivity contribution in [2.24, 2.45) is 5.10 Å². The normalized spacial score (nSPS) is 11.9. The lowest BCUT2D eigenvalue weighted by Crippen LogP contribution is -2.39. The van der Waals surface area contributed by atoms with Crippen LogP contribution in [-0.4, -0.2) is 31.4 Å². The Labute approximate surface area is 232 Å². The molecule has 1 amide bonds. The summed E-state index contributed by atoms with van der Waals surface area (Å²) in [6, 6.07) is 22.1. The second kappa shape index (κ2) is 11.7. The van der Waals surface area contributed by atoms with Crippen molar-refractivity contribution in [3.05, 3.63) is 111 Å². The molecule has 1 N–H and O–H groups in total. The molecule has 4 aromatic carbocycles. The lowest BCUT2D eigenvalue weighted by atomic mass is 10.1. The first-order chi connectivity index (χ1) is 18.1. The molecule has 0 saturated carbocycles. The summed E-state index contributed by atoms with van der Waals surface area (Å²) in [7, 11) is -4.06. The van der Waals surface area contributed by atoms with E-state index in [1.54, 1.807) is 38.3 Å². The number of nitrogens with zero attached hydrogens (tertiary/aromatic N) is 2. The molecule has 0 unspecified atom stereocenters. The van der Waals surface area contributed by atoms with Crippen LogP contribution in [0.1, 0.15) is 27.8 Å². The van der Waals surface area contributed by atoms with Crippen molar-refractivity contribution in [1.29, 1.82) is 0 Å². The molecule has 0 aromatic heterocycles. The van der Waals surface area contributed by atoms with E-state index in [0.29, 0.717) is 26.7 Å². The van der Waals surface area contributed by atoms with Gasteiger partial charge < -0.3 is 0 Å². The van der Waals surface area contributed by atoms with Crippen molar-refractivity contribution in [2.75, 3.05) is 6.54 Å². The number of rotatable bonds is 8. The minimum Gasteiger partial charge on any atom is -0.272 e. The Balaban J connectivity index is 1.61. The highest BCUT2D eigenvalue weighted by atomic mass is 35.5. The first-order valence-corrected chi connectivity index (χ1v) is 14.1. The van der Waals surface area contributed by atoms with Gasteiger partial charge in [-0.1, -0.05) is 89.4 Å². The van der Waals surface area contributed by atoms with Crippen LogP contribution in [0.5, 0.6) is 0 Å². The third kappa shape index (κ3) is 6.25. The van der Waals surface area contributed by atoms with Gasteiger partial charge in [0.05, 0.1) is 27.7 Å². The number of fused-ring (bicyclic) bond motifs is 1. The summed E-state index contributed by atoms with van der Waals surface area (Å²) in [6.07, 6.45) is 1.55. The third-order valence-electron chi connectivity index (χ3n) is 6.08. The molecule has 0 spiro atoms. The van der Waals surface area contributed by atoms with E-state index in [4.69, 9.17) is 23.2 Å². The zero-order valence-electron chi connectivity index (χ0n) is 21.2. The summed E-state index contributed by atoms with van der Waals surface area (Å²) >= 11 is 12.2. The number of hydrogen-bond acceptors (Lipinski definition) is 4. The van der Waals surface area contributed by atoms with Crippen LogP contribution in [0.3, 0.4) is 0 Å². The van der Waals surface area contributed by atoms with E-state index in [1.807, 2.05) is 61.5 Å². The fraction of sp³-hybridized carbons (Fsp3) is 0.172. The Hall–Kier alpha value is -3.23. The van der Waals surface area contributed by atoms with Crippen LogP contribution < -0.4 is 5.43 Å². The number of amides is 1. The molecule has 6 nitrogen and oxygen atoms in total. The number of benzene rings is 4. The Morgan fingerprint density at radius 2 is 1.61 bits per heavy atom. The highest BCUT2D eigenvalue weighted by Gasteiger charge is 2.30. The quantitative estimate of drug-likeness (QED) is 0.197. The maximum atomic E-state index is 13.9. The Morgan fingerprint density at radius 1 is 0.921 bits per heavy atom. The molecule has 38 heavy (non-hydrogen) atoms. The maximum absolute atomic E-state index is 13.9. The number of aryl methyl sites for hydroxylation is 3. The summed E-state index contributed by atoms with van der Waals surface area (Å²) in [4.78, 5) is 13.1. The fourth-order valence-electron chi connectivity index (χ4n) is 4.50. The van der Waals surface area contributed by atoms with Crippen molar-refractivity contribution in [3.63, 3.8) is 0 Å². The molecule has 4 rings (SSSR count). The van der Waals surface area contributed by atoms with Gasteiger partial charge in [0.15, 0.2) is 0 Å². The van der Waals surface area contributed by atoms with Crippen molar-refractivity contribution >= 4 is 56.1 Å². The molecular formula is C29H27Cl2N3O3S. The van der Waals surface area contributed by atoms with Crippen molar-refractivity contribution in [1.82, 2.24) is 9.73 Å². The van der Waals surface area contributed by atoms with Crippen molar-refractivity contribution in [3.8, 4) is 0 Å². The second-order valence-electron chi connectivity index (χ2n) is 9.11. The van der Waals surface area contributed by atoms with E-state index in [0.717, 1.165) is 26.2 Å². The van der Waals surface area contributed by atoms with Gasteiger partial charge >= 0.3 is 0 Å². The highest BCUT2D eigenvalue weighted by molar-refractivity contribution is 7.89. The zero-order chi connectivity index (χ0) is 27.4. The van der Waals surface area contributed by atoms with Gasteiger partial charge in [-0.05, 0) is 60.4 Å². The SMILES string of the molecule is Cc1cc(C)c(S(=O)(=O)N(CC(=O)N/N=C/c2cccc3ccccc23)Cc2ccc(Cl)c(Cl)c2)c(C)c1. The lowest BCUT2D eigenvalue weighted by Gasteiger charge is -2.24. The Bertz CT molecular complexity index is 1620. The van der Waals surface area contributed by atoms with E-state index in [1.165, 1.54) is 0 Å². The molecule has 0 bridgehead atoms. The average Bonchev–Trinajstić information content (AvgIpc) is 2.85. The molecule has 0 heterocycles. The van der Waals surface area contributed by atoms with Gasteiger partial charge in [-0.3, -0.25) is 4.79 Å². The molecule has 0 radical (unpaired) electrons. The first kappa shape index (κ1) is 27.8. The number of carbonyl (C=O) groups excluding carboxylic acids is 1. The molecule has 0 aliphatic rings. The Kier molecular flexibility index (Phi) is 8.53. The Morgan fingerprint density at radius 3 is 2.32 bits per heavy atom. The van der Waals surface area contributed by atoms with E-state index in [9.17, 15) is 13.2 Å². The van der Waals surface area contributed by atoms with Crippen LogP contribution in [0, 0.1) is 20.8 Å². The molecule has 196 valence electrons. The maximum Gasteiger partial charge on any atom is 0.255 e. The van der Waals surface area contributed by atoms with Crippen LogP contribution in [0.25, 0.3) is 10.8 Å². The molecule has 0 aliphatic heterocycles. The minimum atomic E-state index is -4.06. The summed E-state index contributed by atoms with van der Waals surface area (Å²) in [6.45, 7) is 4.89. The summed E-state index contributed by atoms with van der Waals surface area (Å²) in [5.74, 6) is -0.576. The van der Waals surface area contributed by atoms with Crippen LogP contribution in [0.15, 0.2) is 82.8 Å². The van der Waals surface area contributed by atoms with Gasteiger partial charge in [-0.25, -0.2) is 13.8 Å². The molecule has 9 heteroatoms. The molecule has 0 atom stereocenters. The number of carbonyl (C=O) groups is 1.